The van der Waals surface area contributed by atoms with E-state index in [-0.39, 0.29) is 11.2 Å². The molecule has 1 aromatic rings. The minimum absolute atomic E-state index is 0.173. The summed E-state index contributed by atoms with van der Waals surface area (Å²) in [5.41, 5.74) is 1.92. The summed E-state index contributed by atoms with van der Waals surface area (Å²) in [6.45, 7) is 8.51. The minimum Gasteiger partial charge on any atom is -0.292 e. The number of ketones is 1. The molecule has 1 rings (SSSR count). The summed E-state index contributed by atoms with van der Waals surface area (Å²) in [5.74, 6) is 0.173. The fraction of sp³-hybridized carbons (Fsp3) is 0.571. The van der Waals surface area contributed by atoms with Crippen molar-refractivity contribution in [1.29, 1.82) is 0 Å². The highest BCUT2D eigenvalue weighted by Crippen LogP contribution is 2.22. The number of aryl methyl sites for hydroxylation is 1. The van der Waals surface area contributed by atoms with Crippen LogP contribution in [0.2, 0.25) is 0 Å². The third kappa shape index (κ3) is 3.76. The lowest BCUT2D eigenvalue weighted by Crippen LogP contribution is -2.11. The van der Waals surface area contributed by atoms with Crippen LogP contribution < -0.4 is 0 Å². The second kappa shape index (κ2) is 5.24. The highest BCUT2D eigenvalue weighted by Gasteiger charge is 2.16. The number of aromatic nitrogens is 1. The van der Waals surface area contributed by atoms with Crippen LogP contribution in [0, 0.1) is 5.41 Å². The van der Waals surface area contributed by atoms with E-state index in [0.29, 0.717) is 12.1 Å². The minimum atomic E-state index is 0.173. The van der Waals surface area contributed by atoms with Crippen LogP contribution in [0.3, 0.4) is 0 Å². The molecule has 0 spiro atoms. The molecule has 0 amide bonds. The zero-order valence-electron chi connectivity index (χ0n) is 10.7. The third-order valence-corrected chi connectivity index (χ3v) is 2.64. The summed E-state index contributed by atoms with van der Waals surface area (Å²) in [4.78, 5) is 16.2. The lowest BCUT2D eigenvalue weighted by atomic mass is 9.88. The molecule has 0 unspecified atom stereocenters. The molecule has 2 heteroatoms. The fourth-order valence-electron chi connectivity index (χ4n) is 1.58. The van der Waals surface area contributed by atoms with Crippen molar-refractivity contribution in [2.45, 2.75) is 47.0 Å². The number of rotatable bonds is 4. The molecule has 0 aliphatic heterocycles. The van der Waals surface area contributed by atoms with Crippen molar-refractivity contribution < 1.29 is 4.79 Å². The molecule has 88 valence electrons. The molecule has 0 atom stereocenters. The Labute approximate surface area is 98.1 Å². The Morgan fingerprint density at radius 2 is 2.06 bits per heavy atom. The summed E-state index contributed by atoms with van der Waals surface area (Å²) in [5, 5.41) is 0. The van der Waals surface area contributed by atoms with Gasteiger partial charge in [-0.1, -0.05) is 33.8 Å². The van der Waals surface area contributed by atoms with Crippen molar-refractivity contribution in [3.05, 3.63) is 29.6 Å². The van der Waals surface area contributed by atoms with Crippen LogP contribution in [-0.4, -0.2) is 10.8 Å². The van der Waals surface area contributed by atoms with Gasteiger partial charge in [0.25, 0.3) is 0 Å². The standard InChI is InChI=1S/C14H21NO/c1-5-11-7-6-10-15-13(11)12(16)8-9-14(2,3)4/h6-7,10H,5,8-9H2,1-4H3. The monoisotopic (exact) mass is 219 g/mol. The number of hydrogen-bond donors (Lipinski definition) is 0. The van der Waals surface area contributed by atoms with Gasteiger partial charge < -0.3 is 0 Å². The van der Waals surface area contributed by atoms with Gasteiger partial charge in [-0.25, -0.2) is 0 Å². The average Bonchev–Trinajstić information content (AvgIpc) is 2.25. The first-order valence-electron chi connectivity index (χ1n) is 5.91. The summed E-state index contributed by atoms with van der Waals surface area (Å²) in [6, 6.07) is 3.87. The van der Waals surface area contributed by atoms with Crippen LogP contribution in [0.15, 0.2) is 18.3 Å². The van der Waals surface area contributed by atoms with Crippen LogP contribution in [0.25, 0.3) is 0 Å². The molecule has 0 aliphatic carbocycles. The molecule has 1 aromatic heterocycles. The molecule has 0 aliphatic rings. The van der Waals surface area contributed by atoms with Gasteiger partial charge in [-0.05, 0) is 29.9 Å². The molecule has 0 bridgehead atoms. The lowest BCUT2D eigenvalue weighted by Gasteiger charge is -2.17. The topological polar surface area (TPSA) is 30.0 Å². The van der Waals surface area contributed by atoms with E-state index in [9.17, 15) is 4.79 Å². The molecule has 0 fully saturated rings. The molecule has 0 radical (unpaired) electrons. The largest absolute Gasteiger partial charge is 0.292 e. The van der Waals surface area contributed by atoms with Crippen molar-refractivity contribution >= 4 is 5.78 Å². The molecule has 0 saturated carbocycles. The highest BCUT2D eigenvalue weighted by molar-refractivity contribution is 5.95. The average molecular weight is 219 g/mol. The van der Waals surface area contributed by atoms with E-state index in [1.54, 1.807) is 6.20 Å². The van der Waals surface area contributed by atoms with Crippen molar-refractivity contribution in [2.24, 2.45) is 5.41 Å². The van der Waals surface area contributed by atoms with Gasteiger partial charge in [0.05, 0.1) is 0 Å². The second-order valence-electron chi connectivity index (χ2n) is 5.35. The summed E-state index contributed by atoms with van der Waals surface area (Å²) < 4.78 is 0. The van der Waals surface area contributed by atoms with Crippen LogP contribution >= 0.6 is 0 Å². The van der Waals surface area contributed by atoms with Gasteiger partial charge in [-0.2, -0.15) is 0 Å². The Hall–Kier alpha value is -1.18. The molecular weight excluding hydrogens is 198 g/mol. The van der Waals surface area contributed by atoms with E-state index < -0.39 is 0 Å². The molecule has 16 heavy (non-hydrogen) atoms. The summed E-state index contributed by atoms with van der Waals surface area (Å²) >= 11 is 0. The molecule has 1 heterocycles. The predicted molar refractivity (Wildman–Crippen MR) is 66.6 cm³/mol. The number of hydrogen-bond acceptors (Lipinski definition) is 2. The van der Waals surface area contributed by atoms with Gasteiger partial charge in [-0.15, -0.1) is 0 Å². The smallest absolute Gasteiger partial charge is 0.181 e. The van der Waals surface area contributed by atoms with Crippen LogP contribution in [0.1, 0.15) is 56.6 Å². The van der Waals surface area contributed by atoms with E-state index in [2.05, 4.69) is 32.7 Å². The Morgan fingerprint density at radius 1 is 1.38 bits per heavy atom. The maximum Gasteiger partial charge on any atom is 0.181 e. The first-order chi connectivity index (χ1) is 7.44. The second-order valence-corrected chi connectivity index (χ2v) is 5.35. The van der Waals surface area contributed by atoms with Crippen LogP contribution in [0.4, 0.5) is 0 Å². The predicted octanol–water partition coefficient (Wildman–Crippen LogP) is 3.65. The van der Waals surface area contributed by atoms with Crippen molar-refractivity contribution in [1.82, 2.24) is 4.98 Å². The van der Waals surface area contributed by atoms with Gasteiger partial charge in [0.15, 0.2) is 5.78 Å². The van der Waals surface area contributed by atoms with Crippen molar-refractivity contribution in [3.63, 3.8) is 0 Å². The summed E-state index contributed by atoms with van der Waals surface area (Å²) in [7, 11) is 0. The van der Waals surface area contributed by atoms with E-state index >= 15 is 0 Å². The zero-order chi connectivity index (χ0) is 12.2. The molecule has 0 saturated heterocycles. The van der Waals surface area contributed by atoms with E-state index in [1.165, 1.54) is 0 Å². The van der Waals surface area contributed by atoms with Gasteiger partial charge in [0.2, 0.25) is 0 Å². The molecule has 0 aromatic carbocycles. The first-order valence-corrected chi connectivity index (χ1v) is 5.91. The van der Waals surface area contributed by atoms with Crippen molar-refractivity contribution in [2.75, 3.05) is 0 Å². The van der Waals surface area contributed by atoms with E-state index in [1.807, 2.05) is 12.1 Å². The Kier molecular flexibility index (Phi) is 4.22. The Morgan fingerprint density at radius 3 is 2.62 bits per heavy atom. The number of Topliss-reactive ketones (excluding diaryl/α,β-unsaturated/α-hetero) is 1. The van der Waals surface area contributed by atoms with E-state index in [0.717, 1.165) is 18.4 Å². The number of carbonyl (C=O) groups is 1. The van der Waals surface area contributed by atoms with Crippen molar-refractivity contribution in [3.8, 4) is 0 Å². The van der Waals surface area contributed by atoms with Crippen LogP contribution in [0.5, 0.6) is 0 Å². The molecule has 2 nitrogen and oxygen atoms in total. The van der Waals surface area contributed by atoms with Gasteiger partial charge in [0.1, 0.15) is 5.69 Å². The van der Waals surface area contributed by atoms with Gasteiger partial charge in [-0.3, -0.25) is 9.78 Å². The Bertz CT molecular complexity index is 363. The van der Waals surface area contributed by atoms with Gasteiger partial charge >= 0.3 is 0 Å². The number of pyridine rings is 1. The molecular formula is C14H21NO. The first kappa shape index (κ1) is 12.9. The summed E-state index contributed by atoms with van der Waals surface area (Å²) in [6.07, 6.45) is 4.06. The SMILES string of the molecule is CCc1cccnc1C(=O)CCC(C)(C)C. The number of nitrogens with zero attached hydrogens (tertiary/aromatic N) is 1. The van der Waals surface area contributed by atoms with E-state index in [4.69, 9.17) is 0 Å². The van der Waals surface area contributed by atoms with Crippen LogP contribution in [-0.2, 0) is 6.42 Å². The van der Waals surface area contributed by atoms with Gasteiger partial charge in [0, 0.05) is 12.6 Å². The quantitative estimate of drug-likeness (QED) is 0.723. The maximum atomic E-state index is 12.0. The lowest BCUT2D eigenvalue weighted by molar-refractivity contribution is 0.0960. The highest BCUT2D eigenvalue weighted by atomic mass is 16.1. The molecule has 0 N–H and O–H groups in total. The zero-order valence-corrected chi connectivity index (χ0v) is 10.7. The Balaban J connectivity index is 2.73. The normalized spacial score (nSPS) is 11.5. The fourth-order valence-corrected chi connectivity index (χ4v) is 1.58. The number of carbonyl (C=O) groups excluding carboxylic acids is 1. The maximum absolute atomic E-state index is 12.0. The third-order valence-electron chi connectivity index (χ3n) is 2.64.